The Labute approximate surface area is 106 Å². The average molecular weight is 260 g/mol. The second kappa shape index (κ2) is 4.10. The molecule has 1 aliphatic rings. The van der Waals surface area contributed by atoms with Crippen molar-refractivity contribution < 1.29 is 4.74 Å². The van der Waals surface area contributed by atoms with E-state index in [0.717, 1.165) is 12.2 Å². The lowest BCUT2D eigenvalue weighted by Gasteiger charge is -2.49. The number of halogens is 2. The van der Waals surface area contributed by atoms with Crippen molar-refractivity contribution in [2.24, 2.45) is 11.1 Å². The van der Waals surface area contributed by atoms with Crippen LogP contribution >= 0.6 is 23.2 Å². The second-order valence-electron chi connectivity index (χ2n) is 4.85. The summed E-state index contributed by atoms with van der Waals surface area (Å²) in [7, 11) is 0. The molecule has 2 nitrogen and oxygen atoms in total. The highest BCUT2D eigenvalue weighted by molar-refractivity contribution is 6.42. The van der Waals surface area contributed by atoms with Crippen molar-refractivity contribution in [3.63, 3.8) is 0 Å². The molecule has 2 atom stereocenters. The summed E-state index contributed by atoms with van der Waals surface area (Å²) in [6.45, 7) is 4.23. The Hall–Kier alpha value is -0.440. The van der Waals surface area contributed by atoms with Gasteiger partial charge in [-0.05, 0) is 12.1 Å². The summed E-state index contributed by atoms with van der Waals surface area (Å²) in [4.78, 5) is 0. The Bertz CT molecular complexity index is 406. The molecule has 0 saturated heterocycles. The molecule has 0 amide bonds. The lowest BCUT2D eigenvalue weighted by Crippen LogP contribution is -2.60. The molecule has 16 heavy (non-hydrogen) atoms. The Morgan fingerprint density at radius 3 is 2.50 bits per heavy atom. The van der Waals surface area contributed by atoms with Crippen LogP contribution in [-0.4, -0.2) is 12.1 Å². The van der Waals surface area contributed by atoms with Gasteiger partial charge in [0, 0.05) is 23.9 Å². The molecule has 0 bridgehead atoms. The van der Waals surface area contributed by atoms with E-state index in [4.69, 9.17) is 33.7 Å². The highest BCUT2D eigenvalue weighted by atomic mass is 35.5. The van der Waals surface area contributed by atoms with Gasteiger partial charge in [0.05, 0.1) is 10.0 Å². The molecule has 1 aliphatic carbocycles. The zero-order valence-corrected chi connectivity index (χ0v) is 10.8. The van der Waals surface area contributed by atoms with E-state index in [9.17, 15) is 0 Å². The fraction of sp³-hybridized carbons (Fsp3) is 0.500. The fourth-order valence-electron chi connectivity index (χ4n) is 1.83. The van der Waals surface area contributed by atoms with Gasteiger partial charge in [-0.2, -0.15) is 0 Å². The van der Waals surface area contributed by atoms with Gasteiger partial charge in [-0.1, -0.05) is 37.0 Å². The number of nitrogens with two attached hydrogens (primary N) is 1. The molecule has 2 rings (SSSR count). The summed E-state index contributed by atoms with van der Waals surface area (Å²) >= 11 is 11.8. The summed E-state index contributed by atoms with van der Waals surface area (Å²) in [5.41, 5.74) is 5.95. The second-order valence-corrected chi connectivity index (χ2v) is 5.66. The predicted octanol–water partition coefficient (Wildman–Crippen LogP) is 3.50. The largest absolute Gasteiger partial charge is 0.490 e. The van der Waals surface area contributed by atoms with E-state index in [-0.39, 0.29) is 17.6 Å². The van der Waals surface area contributed by atoms with Crippen molar-refractivity contribution in [2.75, 3.05) is 0 Å². The highest BCUT2D eigenvalue weighted by Crippen LogP contribution is 2.42. The van der Waals surface area contributed by atoms with E-state index in [1.807, 2.05) is 6.07 Å². The maximum atomic E-state index is 5.93. The maximum absolute atomic E-state index is 5.93. The number of hydrogen-bond donors (Lipinski definition) is 1. The molecular weight excluding hydrogens is 245 g/mol. The van der Waals surface area contributed by atoms with E-state index in [2.05, 4.69) is 13.8 Å². The topological polar surface area (TPSA) is 35.2 Å². The SMILES string of the molecule is CC1(C)C(N)CC1Oc1ccc(Cl)c(Cl)c1. The molecule has 0 spiro atoms. The molecular formula is C12H15Cl2NO. The van der Waals surface area contributed by atoms with Crippen molar-refractivity contribution in [1.29, 1.82) is 0 Å². The van der Waals surface area contributed by atoms with Crippen LogP contribution < -0.4 is 10.5 Å². The van der Waals surface area contributed by atoms with E-state index in [1.54, 1.807) is 12.1 Å². The Morgan fingerprint density at radius 1 is 1.31 bits per heavy atom. The smallest absolute Gasteiger partial charge is 0.121 e. The van der Waals surface area contributed by atoms with Gasteiger partial charge in [-0.25, -0.2) is 0 Å². The summed E-state index contributed by atoms with van der Waals surface area (Å²) in [6.07, 6.45) is 1.03. The van der Waals surface area contributed by atoms with Gasteiger partial charge in [-0.15, -0.1) is 0 Å². The number of benzene rings is 1. The summed E-state index contributed by atoms with van der Waals surface area (Å²) in [6, 6.07) is 5.52. The molecule has 4 heteroatoms. The first-order valence-electron chi connectivity index (χ1n) is 5.28. The third-order valence-corrected chi connectivity index (χ3v) is 4.16. The average Bonchev–Trinajstić information content (AvgIpc) is 2.23. The van der Waals surface area contributed by atoms with Crippen molar-refractivity contribution in [1.82, 2.24) is 0 Å². The van der Waals surface area contributed by atoms with Gasteiger partial charge in [0.1, 0.15) is 11.9 Å². The van der Waals surface area contributed by atoms with Crippen LogP contribution in [0.15, 0.2) is 18.2 Å². The van der Waals surface area contributed by atoms with Gasteiger partial charge in [0.2, 0.25) is 0 Å². The predicted molar refractivity (Wildman–Crippen MR) is 67.3 cm³/mol. The van der Waals surface area contributed by atoms with Crippen LogP contribution in [0, 0.1) is 5.41 Å². The maximum Gasteiger partial charge on any atom is 0.121 e. The zero-order chi connectivity index (χ0) is 11.9. The molecule has 1 saturated carbocycles. The number of rotatable bonds is 2. The van der Waals surface area contributed by atoms with Crippen LogP contribution in [0.3, 0.4) is 0 Å². The molecule has 0 aliphatic heterocycles. The number of hydrogen-bond acceptors (Lipinski definition) is 2. The minimum absolute atomic E-state index is 0.0200. The third kappa shape index (κ3) is 2.02. The van der Waals surface area contributed by atoms with Crippen LogP contribution in [0.1, 0.15) is 20.3 Å². The Morgan fingerprint density at radius 2 is 2.00 bits per heavy atom. The molecule has 1 fully saturated rings. The minimum Gasteiger partial charge on any atom is -0.490 e. The molecule has 0 heterocycles. The summed E-state index contributed by atoms with van der Waals surface area (Å²) in [5, 5.41) is 1.05. The van der Waals surface area contributed by atoms with E-state index in [1.165, 1.54) is 0 Å². The molecule has 0 aromatic heterocycles. The highest BCUT2D eigenvalue weighted by Gasteiger charge is 2.47. The van der Waals surface area contributed by atoms with Crippen LogP contribution in [0.25, 0.3) is 0 Å². The lowest BCUT2D eigenvalue weighted by molar-refractivity contribution is -0.0399. The number of ether oxygens (including phenoxy) is 1. The van der Waals surface area contributed by atoms with Crippen molar-refractivity contribution in [3.05, 3.63) is 28.2 Å². The quantitative estimate of drug-likeness (QED) is 0.883. The van der Waals surface area contributed by atoms with Gasteiger partial charge < -0.3 is 10.5 Å². The summed E-state index contributed by atoms with van der Waals surface area (Å²) < 4.78 is 5.85. The first-order valence-corrected chi connectivity index (χ1v) is 6.04. The molecule has 2 unspecified atom stereocenters. The molecule has 0 radical (unpaired) electrons. The van der Waals surface area contributed by atoms with Gasteiger partial charge in [0.25, 0.3) is 0 Å². The molecule has 1 aromatic rings. The van der Waals surface area contributed by atoms with Crippen LogP contribution in [0.4, 0.5) is 0 Å². The lowest BCUT2D eigenvalue weighted by atomic mass is 9.65. The van der Waals surface area contributed by atoms with Gasteiger partial charge in [0.15, 0.2) is 0 Å². The van der Waals surface area contributed by atoms with Gasteiger partial charge in [-0.3, -0.25) is 0 Å². The van der Waals surface area contributed by atoms with Crippen molar-refractivity contribution in [3.8, 4) is 5.75 Å². The van der Waals surface area contributed by atoms with Crippen LogP contribution in [0.5, 0.6) is 5.75 Å². The molecule has 2 N–H and O–H groups in total. The third-order valence-electron chi connectivity index (χ3n) is 3.42. The molecule has 1 aromatic carbocycles. The van der Waals surface area contributed by atoms with E-state index < -0.39 is 0 Å². The van der Waals surface area contributed by atoms with Gasteiger partial charge >= 0.3 is 0 Å². The Balaban J connectivity index is 2.08. The van der Waals surface area contributed by atoms with Crippen molar-refractivity contribution in [2.45, 2.75) is 32.4 Å². The normalized spacial score (nSPS) is 27.3. The van der Waals surface area contributed by atoms with Crippen LogP contribution in [-0.2, 0) is 0 Å². The van der Waals surface area contributed by atoms with Crippen LogP contribution in [0.2, 0.25) is 10.0 Å². The standard InChI is InChI=1S/C12H15Cl2NO/c1-12(2)10(15)6-11(12)16-7-3-4-8(13)9(14)5-7/h3-5,10-11H,6,15H2,1-2H3. The van der Waals surface area contributed by atoms with E-state index in [0.29, 0.717) is 10.0 Å². The summed E-state index contributed by atoms with van der Waals surface area (Å²) in [5.74, 6) is 0.749. The Kier molecular flexibility index (Phi) is 3.08. The first kappa shape index (κ1) is 12.0. The first-order chi connectivity index (χ1) is 7.41. The van der Waals surface area contributed by atoms with E-state index >= 15 is 0 Å². The zero-order valence-electron chi connectivity index (χ0n) is 9.34. The van der Waals surface area contributed by atoms with Crippen molar-refractivity contribution >= 4 is 23.2 Å². The monoisotopic (exact) mass is 259 g/mol. The molecule has 88 valence electrons. The fourth-order valence-corrected chi connectivity index (χ4v) is 2.12. The minimum atomic E-state index is 0.0200.